The Hall–Kier alpha value is -1.03. The van der Waals surface area contributed by atoms with Gasteiger partial charge in [0.25, 0.3) is 0 Å². The molecule has 0 heterocycles. The molecule has 0 radical (unpaired) electrons. The first kappa shape index (κ1) is 10.5. The zero-order valence-electron chi connectivity index (χ0n) is 8.73. The van der Waals surface area contributed by atoms with Gasteiger partial charge in [-0.2, -0.15) is 0 Å². The number of anilines is 1. The van der Waals surface area contributed by atoms with Gasteiger partial charge < -0.3 is 5.32 Å². The third kappa shape index (κ3) is 2.31. The lowest BCUT2D eigenvalue weighted by Crippen LogP contribution is -2.27. The third-order valence-corrected chi connectivity index (χ3v) is 3.91. The zero-order chi connectivity index (χ0) is 10.9. The van der Waals surface area contributed by atoms with Crippen LogP contribution in [0.3, 0.4) is 0 Å². The molecule has 0 spiro atoms. The summed E-state index contributed by atoms with van der Waals surface area (Å²) < 4.78 is 23.0. The van der Waals surface area contributed by atoms with Gasteiger partial charge in [0.05, 0.1) is 10.6 Å². The smallest absolute Gasteiger partial charge is 0.177 e. The van der Waals surface area contributed by atoms with Crippen molar-refractivity contribution in [1.82, 2.24) is 0 Å². The summed E-state index contributed by atoms with van der Waals surface area (Å²) in [5.74, 6) is 0. The second-order valence-electron chi connectivity index (χ2n) is 4.04. The van der Waals surface area contributed by atoms with Crippen LogP contribution in [0, 0.1) is 0 Å². The lowest BCUT2D eigenvalue weighted by Gasteiger charge is -2.28. The SMILES string of the molecule is CS(=O)(=O)c1ccccc1NC1CCC1. The summed E-state index contributed by atoms with van der Waals surface area (Å²) in [5.41, 5.74) is 0.740. The summed E-state index contributed by atoms with van der Waals surface area (Å²) in [6.45, 7) is 0. The number of rotatable bonds is 3. The van der Waals surface area contributed by atoms with Crippen LogP contribution in [0.4, 0.5) is 5.69 Å². The Morgan fingerprint density at radius 2 is 1.93 bits per heavy atom. The molecule has 1 aliphatic rings. The molecule has 0 atom stereocenters. The van der Waals surface area contributed by atoms with Gasteiger partial charge in [-0.3, -0.25) is 0 Å². The first-order valence-electron chi connectivity index (χ1n) is 5.13. The molecule has 0 aliphatic heterocycles. The second-order valence-corrected chi connectivity index (χ2v) is 6.02. The Kier molecular flexibility index (Phi) is 2.69. The van der Waals surface area contributed by atoms with Crippen molar-refractivity contribution in [2.24, 2.45) is 0 Å². The topological polar surface area (TPSA) is 46.2 Å². The fourth-order valence-corrected chi connectivity index (χ4v) is 2.53. The summed E-state index contributed by atoms with van der Waals surface area (Å²) in [5, 5.41) is 3.27. The Morgan fingerprint density at radius 1 is 1.27 bits per heavy atom. The predicted molar refractivity (Wildman–Crippen MR) is 60.8 cm³/mol. The van der Waals surface area contributed by atoms with Crippen LogP contribution in [0.5, 0.6) is 0 Å². The molecule has 15 heavy (non-hydrogen) atoms. The van der Waals surface area contributed by atoms with Gasteiger partial charge >= 0.3 is 0 Å². The van der Waals surface area contributed by atoms with E-state index in [1.54, 1.807) is 12.1 Å². The Bertz CT molecular complexity index is 449. The quantitative estimate of drug-likeness (QED) is 0.856. The number of hydrogen-bond acceptors (Lipinski definition) is 3. The molecule has 1 aliphatic carbocycles. The van der Waals surface area contributed by atoms with Gasteiger partial charge in [-0.1, -0.05) is 12.1 Å². The van der Waals surface area contributed by atoms with Crippen molar-refractivity contribution < 1.29 is 8.42 Å². The van der Waals surface area contributed by atoms with E-state index in [2.05, 4.69) is 5.32 Å². The lowest BCUT2D eigenvalue weighted by molar-refractivity contribution is 0.445. The fraction of sp³-hybridized carbons (Fsp3) is 0.455. The third-order valence-electron chi connectivity index (χ3n) is 2.75. The van der Waals surface area contributed by atoms with Crippen LogP contribution in [-0.4, -0.2) is 20.7 Å². The average Bonchev–Trinajstić information content (AvgIpc) is 2.10. The molecule has 0 aromatic heterocycles. The van der Waals surface area contributed by atoms with E-state index in [-0.39, 0.29) is 0 Å². The van der Waals surface area contributed by atoms with Crippen molar-refractivity contribution >= 4 is 15.5 Å². The van der Waals surface area contributed by atoms with E-state index in [1.165, 1.54) is 12.7 Å². The van der Waals surface area contributed by atoms with E-state index >= 15 is 0 Å². The van der Waals surface area contributed by atoms with Crippen LogP contribution < -0.4 is 5.32 Å². The second kappa shape index (κ2) is 3.85. The summed E-state index contributed by atoms with van der Waals surface area (Å²) in [7, 11) is -3.13. The van der Waals surface area contributed by atoms with Crippen LogP contribution in [0.25, 0.3) is 0 Å². The summed E-state index contributed by atoms with van der Waals surface area (Å²) in [6, 6.07) is 7.54. The monoisotopic (exact) mass is 225 g/mol. The predicted octanol–water partition coefficient (Wildman–Crippen LogP) is 2.05. The first-order chi connectivity index (χ1) is 7.07. The molecule has 0 amide bonds. The van der Waals surface area contributed by atoms with E-state index in [1.807, 2.05) is 12.1 Å². The van der Waals surface area contributed by atoms with Crippen LogP contribution in [-0.2, 0) is 9.84 Å². The minimum Gasteiger partial charge on any atom is -0.381 e. The molecule has 4 heteroatoms. The minimum atomic E-state index is -3.13. The summed E-state index contributed by atoms with van der Waals surface area (Å²) >= 11 is 0. The van der Waals surface area contributed by atoms with Crippen LogP contribution in [0.2, 0.25) is 0 Å². The number of nitrogens with one attached hydrogen (secondary N) is 1. The minimum absolute atomic E-state index is 0.400. The number of benzene rings is 1. The maximum atomic E-state index is 11.5. The number of sulfone groups is 1. The molecule has 82 valence electrons. The molecule has 0 bridgehead atoms. The van der Waals surface area contributed by atoms with Gasteiger partial charge in [-0.25, -0.2) is 8.42 Å². The highest BCUT2D eigenvalue weighted by atomic mass is 32.2. The van der Waals surface area contributed by atoms with Crippen molar-refractivity contribution in [2.45, 2.75) is 30.2 Å². The summed E-state index contributed by atoms with van der Waals surface area (Å²) in [4.78, 5) is 0.400. The van der Waals surface area contributed by atoms with Gasteiger partial charge in [0.15, 0.2) is 9.84 Å². The molecule has 3 nitrogen and oxygen atoms in total. The van der Waals surface area contributed by atoms with Crippen molar-refractivity contribution in [3.05, 3.63) is 24.3 Å². The first-order valence-corrected chi connectivity index (χ1v) is 7.02. The molecule has 1 saturated carbocycles. The van der Waals surface area contributed by atoms with Crippen molar-refractivity contribution in [3.63, 3.8) is 0 Å². The lowest BCUT2D eigenvalue weighted by atomic mass is 9.93. The molecule has 1 fully saturated rings. The van der Waals surface area contributed by atoms with Gasteiger partial charge in [0, 0.05) is 12.3 Å². The molecule has 1 aromatic carbocycles. The maximum absolute atomic E-state index is 11.5. The standard InChI is InChI=1S/C11H15NO2S/c1-15(13,14)11-8-3-2-7-10(11)12-9-5-4-6-9/h2-3,7-9,12H,4-6H2,1H3. The zero-order valence-corrected chi connectivity index (χ0v) is 9.55. The average molecular weight is 225 g/mol. The van der Waals surface area contributed by atoms with E-state index in [9.17, 15) is 8.42 Å². The van der Waals surface area contributed by atoms with E-state index in [4.69, 9.17) is 0 Å². The molecular weight excluding hydrogens is 210 g/mol. The molecule has 0 saturated heterocycles. The van der Waals surface area contributed by atoms with Crippen LogP contribution in [0.1, 0.15) is 19.3 Å². The van der Waals surface area contributed by atoms with Crippen LogP contribution in [0.15, 0.2) is 29.2 Å². The van der Waals surface area contributed by atoms with Crippen molar-refractivity contribution in [2.75, 3.05) is 11.6 Å². The van der Waals surface area contributed by atoms with Crippen molar-refractivity contribution in [3.8, 4) is 0 Å². The van der Waals surface area contributed by atoms with Gasteiger partial charge in [0.1, 0.15) is 0 Å². The molecular formula is C11H15NO2S. The highest BCUT2D eigenvalue weighted by molar-refractivity contribution is 7.90. The summed E-state index contributed by atoms with van der Waals surface area (Å²) in [6.07, 6.45) is 4.75. The van der Waals surface area contributed by atoms with E-state index in [0.29, 0.717) is 10.9 Å². The molecule has 2 rings (SSSR count). The molecule has 0 unspecified atom stereocenters. The van der Waals surface area contributed by atoms with E-state index in [0.717, 1.165) is 18.5 Å². The number of para-hydroxylation sites is 1. The fourth-order valence-electron chi connectivity index (χ4n) is 1.68. The van der Waals surface area contributed by atoms with Gasteiger partial charge in [-0.15, -0.1) is 0 Å². The van der Waals surface area contributed by atoms with Gasteiger partial charge in [-0.05, 0) is 31.4 Å². The number of hydrogen-bond donors (Lipinski definition) is 1. The van der Waals surface area contributed by atoms with Crippen molar-refractivity contribution in [1.29, 1.82) is 0 Å². The molecule has 1 aromatic rings. The largest absolute Gasteiger partial charge is 0.381 e. The van der Waals surface area contributed by atoms with E-state index < -0.39 is 9.84 Å². The Balaban J connectivity index is 2.29. The highest BCUT2D eigenvalue weighted by Crippen LogP contribution is 2.27. The Labute approximate surface area is 90.4 Å². The maximum Gasteiger partial charge on any atom is 0.177 e. The normalized spacial score (nSPS) is 17.1. The van der Waals surface area contributed by atoms with Crippen LogP contribution >= 0.6 is 0 Å². The Morgan fingerprint density at radius 3 is 2.47 bits per heavy atom. The highest BCUT2D eigenvalue weighted by Gasteiger charge is 2.20. The van der Waals surface area contributed by atoms with Gasteiger partial charge in [0.2, 0.25) is 0 Å². The molecule has 1 N–H and O–H groups in total.